The van der Waals surface area contributed by atoms with Gasteiger partial charge in [-0.25, -0.2) is 0 Å². The van der Waals surface area contributed by atoms with Gasteiger partial charge in [-0.05, 0) is 52.7 Å². The number of halogens is 1. The van der Waals surface area contributed by atoms with Crippen molar-refractivity contribution in [2.75, 3.05) is 12.4 Å². The first kappa shape index (κ1) is 12.7. The van der Waals surface area contributed by atoms with Gasteiger partial charge in [0, 0.05) is 16.4 Å². The first-order chi connectivity index (χ1) is 8.60. The predicted molar refractivity (Wildman–Crippen MR) is 74.2 cm³/mol. The van der Waals surface area contributed by atoms with Gasteiger partial charge in [-0.3, -0.25) is 4.79 Å². The molecule has 0 bridgehead atoms. The van der Waals surface area contributed by atoms with Gasteiger partial charge in [-0.1, -0.05) is 0 Å². The standard InChI is InChI=1S/C13H13BrN2O2/c1-8-5-10(3-4-12(8)18-2)16-13(17)11-6-9(14)7-15-11/h3-7,15H,1-2H3,(H,16,17). The van der Waals surface area contributed by atoms with E-state index in [0.717, 1.165) is 21.5 Å². The number of nitrogens with one attached hydrogen (secondary N) is 2. The number of ether oxygens (including phenoxy) is 1. The quantitative estimate of drug-likeness (QED) is 0.913. The van der Waals surface area contributed by atoms with Gasteiger partial charge < -0.3 is 15.0 Å². The number of methoxy groups -OCH3 is 1. The van der Waals surface area contributed by atoms with Crippen molar-refractivity contribution in [3.8, 4) is 5.75 Å². The van der Waals surface area contributed by atoms with Gasteiger partial charge in [0.2, 0.25) is 0 Å². The largest absolute Gasteiger partial charge is 0.496 e. The fraction of sp³-hybridized carbons (Fsp3) is 0.154. The number of benzene rings is 1. The van der Waals surface area contributed by atoms with Crippen LogP contribution in [0.1, 0.15) is 16.1 Å². The van der Waals surface area contributed by atoms with Crippen LogP contribution >= 0.6 is 15.9 Å². The lowest BCUT2D eigenvalue weighted by Crippen LogP contribution is -2.12. The third kappa shape index (κ3) is 2.73. The molecule has 94 valence electrons. The predicted octanol–water partition coefficient (Wildman–Crippen LogP) is 3.35. The summed E-state index contributed by atoms with van der Waals surface area (Å²) in [6.45, 7) is 1.93. The highest BCUT2D eigenvalue weighted by Crippen LogP contribution is 2.22. The highest BCUT2D eigenvalue weighted by Gasteiger charge is 2.09. The number of hydrogen-bond donors (Lipinski definition) is 2. The van der Waals surface area contributed by atoms with Gasteiger partial charge in [-0.2, -0.15) is 0 Å². The van der Waals surface area contributed by atoms with Crippen molar-refractivity contribution in [2.24, 2.45) is 0 Å². The van der Waals surface area contributed by atoms with Gasteiger partial charge in [0.05, 0.1) is 7.11 Å². The highest BCUT2D eigenvalue weighted by molar-refractivity contribution is 9.10. The van der Waals surface area contributed by atoms with E-state index in [2.05, 4.69) is 26.2 Å². The zero-order valence-electron chi connectivity index (χ0n) is 10.1. The summed E-state index contributed by atoms with van der Waals surface area (Å²) in [7, 11) is 1.62. The molecule has 0 aliphatic rings. The van der Waals surface area contributed by atoms with Gasteiger partial charge >= 0.3 is 0 Å². The molecule has 0 aliphatic carbocycles. The molecule has 2 aromatic rings. The molecule has 0 aliphatic heterocycles. The topological polar surface area (TPSA) is 54.1 Å². The van der Waals surface area contributed by atoms with Crippen LogP contribution in [-0.2, 0) is 0 Å². The number of aromatic nitrogens is 1. The normalized spacial score (nSPS) is 10.2. The lowest BCUT2D eigenvalue weighted by Gasteiger charge is -2.08. The summed E-state index contributed by atoms with van der Waals surface area (Å²) in [5.41, 5.74) is 2.22. The van der Waals surface area contributed by atoms with E-state index in [0.29, 0.717) is 5.69 Å². The fourth-order valence-electron chi connectivity index (χ4n) is 1.65. The Morgan fingerprint density at radius 3 is 2.72 bits per heavy atom. The number of hydrogen-bond acceptors (Lipinski definition) is 2. The Bertz CT molecular complexity index is 578. The monoisotopic (exact) mass is 308 g/mol. The molecule has 0 saturated heterocycles. The zero-order chi connectivity index (χ0) is 13.1. The summed E-state index contributed by atoms with van der Waals surface area (Å²) < 4.78 is 6.01. The molecule has 18 heavy (non-hydrogen) atoms. The number of rotatable bonds is 3. The third-order valence-electron chi connectivity index (χ3n) is 2.55. The van der Waals surface area contributed by atoms with Crippen LogP contribution in [0.2, 0.25) is 0 Å². The molecule has 1 aromatic heterocycles. The number of amides is 1. The SMILES string of the molecule is COc1ccc(NC(=O)c2cc(Br)c[nH]2)cc1C. The van der Waals surface area contributed by atoms with Crippen molar-refractivity contribution in [2.45, 2.75) is 6.92 Å². The lowest BCUT2D eigenvalue weighted by atomic mass is 10.2. The van der Waals surface area contributed by atoms with Crippen LogP contribution in [-0.4, -0.2) is 18.0 Å². The average Bonchev–Trinajstić information content (AvgIpc) is 2.76. The van der Waals surface area contributed by atoms with Gasteiger partial charge in [-0.15, -0.1) is 0 Å². The van der Waals surface area contributed by atoms with E-state index in [1.807, 2.05) is 25.1 Å². The van der Waals surface area contributed by atoms with Crippen LogP contribution in [0.3, 0.4) is 0 Å². The maximum atomic E-state index is 11.9. The van der Waals surface area contributed by atoms with Gasteiger partial charge in [0.15, 0.2) is 0 Å². The Balaban J connectivity index is 2.14. The van der Waals surface area contributed by atoms with E-state index in [1.165, 1.54) is 0 Å². The summed E-state index contributed by atoms with van der Waals surface area (Å²) in [5, 5.41) is 2.82. The third-order valence-corrected chi connectivity index (χ3v) is 3.00. The molecule has 0 saturated carbocycles. The first-order valence-electron chi connectivity index (χ1n) is 5.40. The number of H-pyrrole nitrogens is 1. The molecule has 0 unspecified atom stereocenters. The average molecular weight is 309 g/mol. The van der Waals surface area contributed by atoms with Crippen LogP contribution in [0.4, 0.5) is 5.69 Å². The fourth-order valence-corrected chi connectivity index (χ4v) is 2.00. The Kier molecular flexibility index (Phi) is 3.72. The molecule has 2 rings (SSSR count). The maximum Gasteiger partial charge on any atom is 0.272 e. The summed E-state index contributed by atoms with van der Waals surface area (Å²) in [6.07, 6.45) is 1.72. The van der Waals surface area contributed by atoms with Crippen LogP contribution in [0.5, 0.6) is 5.75 Å². The molecule has 0 fully saturated rings. The number of carbonyl (C=O) groups is 1. The summed E-state index contributed by atoms with van der Waals surface area (Å²) >= 11 is 3.29. The molecule has 0 atom stereocenters. The van der Waals surface area contributed by atoms with E-state index in [9.17, 15) is 4.79 Å². The Labute approximate surface area is 113 Å². The number of aromatic amines is 1. The van der Waals surface area contributed by atoms with Crippen LogP contribution in [0.15, 0.2) is 34.9 Å². The second kappa shape index (κ2) is 5.27. The molecule has 4 nitrogen and oxygen atoms in total. The second-order valence-corrected chi connectivity index (χ2v) is 4.79. The zero-order valence-corrected chi connectivity index (χ0v) is 11.7. The summed E-state index contributed by atoms with van der Waals surface area (Å²) in [4.78, 5) is 14.8. The molecule has 1 aromatic carbocycles. The van der Waals surface area contributed by atoms with Crippen LogP contribution in [0, 0.1) is 6.92 Å². The minimum atomic E-state index is -0.176. The van der Waals surface area contributed by atoms with Crippen molar-refractivity contribution >= 4 is 27.5 Å². The lowest BCUT2D eigenvalue weighted by molar-refractivity contribution is 0.102. The molecule has 0 spiro atoms. The van der Waals surface area contributed by atoms with Crippen molar-refractivity contribution in [3.05, 3.63) is 46.2 Å². The maximum absolute atomic E-state index is 11.9. The Morgan fingerprint density at radius 2 is 2.17 bits per heavy atom. The molecule has 1 amide bonds. The first-order valence-corrected chi connectivity index (χ1v) is 6.19. The van der Waals surface area contributed by atoms with E-state index in [1.54, 1.807) is 19.4 Å². The van der Waals surface area contributed by atoms with Gasteiger partial charge in [0.25, 0.3) is 5.91 Å². The number of anilines is 1. The highest BCUT2D eigenvalue weighted by atomic mass is 79.9. The minimum Gasteiger partial charge on any atom is -0.496 e. The van der Waals surface area contributed by atoms with Crippen LogP contribution < -0.4 is 10.1 Å². The molecular formula is C13H13BrN2O2. The van der Waals surface area contributed by atoms with Crippen molar-refractivity contribution < 1.29 is 9.53 Å². The van der Waals surface area contributed by atoms with Crippen molar-refractivity contribution in [3.63, 3.8) is 0 Å². The molecular weight excluding hydrogens is 296 g/mol. The van der Waals surface area contributed by atoms with Crippen molar-refractivity contribution in [1.29, 1.82) is 0 Å². The van der Waals surface area contributed by atoms with E-state index >= 15 is 0 Å². The number of aryl methyl sites for hydroxylation is 1. The number of carbonyl (C=O) groups excluding carboxylic acids is 1. The smallest absolute Gasteiger partial charge is 0.272 e. The molecule has 2 N–H and O–H groups in total. The van der Waals surface area contributed by atoms with Gasteiger partial charge in [0.1, 0.15) is 11.4 Å². The second-order valence-electron chi connectivity index (χ2n) is 3.87. The minimum absolute atomic E-state index is 0.176. The Hall–Kier alpha value is -1.75. The van der Waals surface area contributed by atoms with E-state index in [-0.39, 0.29) is 5.91 Å². The Morgan fingerprint density at radius 1 is 1.39 bits per heavy atom. The molecule has 5 heteroatoms. The summed E-state index contributed by atoms with van der Waals surface area (Å²) in [5.74, 6) is 0.626. The summed E-state index contributed by atoms with van der Waals surface area (Å²) in [6, 6.07) is 7.23. The van der Waals surface area contributed by atoms with Crippen LogP contribution in [0.25, 0.3) is 0 Å². The van der Waals surface area contributed by atoms with Crippen molar-refractivity contribution in [1.82, 2.24) is 4.98 Å². The van der Waals surface area contributed by atoms with E-state index < -0.39 is 0 Å². The van der Waals surface area contributed by atoms with E-state index in [4.69, 9.17) is 4.74 Å². The molecule has 0 radical (unpaired) electrons. The molecule has 1 heterocycles.